The van der Waals surface area contributed by atoms with Gasteiger partial charge in [0.2, 0.25) is 65.0 Å². The van der Waals surface area contributed by atoms with Gasteiger partial charge in [-0.05, 0) is 77.0 Å². The molecule has 596 valence electrons. The minimum atomic E-state index is -0.293. The molecular formula is C74H133N7O22. The van der Waals surface area contributed by atoms with Gasteiger partial charge < -0.3 is 53.8 Å². The predicted molar refractivity (Wildman–Crippen MR) is 388 cm³/mol. The van der Waals surface area contributed by atoms with E-state index in [-0.39, 0.29) is 158 Å². The molecule has 3 N–H and O–H groups in total. The van der Waals surface area contributed by atoms with Crippen molar-refractivity contribution in [2.75, 3.05) is 152 Å². The zero-order chi connectivity index (χ0) is 80.4. The second kappa shape index (κ2) is 57.9. The van der Waals surface area contributed by atoms with Gasteiger partial charge in [0.1, 0.15) is 17.3 Å². The van der Waals surface area contributed by atoms with Crippen molar-refractivity contribution in [2.24, 2.45) is 47.3 Å². The van der Waals surface area contributed by atoms with E-state index in [1.807, 2.05) is 20.8 Å². The van der Waals surface area contributed by atoms with Crippen LogP contribution in [0.15, 0.2) is 0 Å². The highest BCUT2D eigenvalue weighted by Crippen LogP contribution is 2.33. The van der Waals surface area contributed by atoms with E-state index in [9.17, 15) is 67.1 Å². The van der Waals surface area contributed by atoms with E-state index in [4.69, 9.17) is 43.4 Å². The molecule has 29 heteroatoms. The van der Waals surface area contributed by atoms with Crippen LogP contribution in [0.5, 0.6) is 0 Å². The number of rotatable bonds is 43. The van der Waals surface area contributed by atoms with Gasteiger partial charge in [-0.25, -0.2) is 0 Å². The molecule has 0 aromatic heterocycles. The van der Waals surface area contributed by atoms with E-state index in [1.165, 1.54) is 46.3 Å². The molecule has 0 aromatic rings. The molecule has 29 nitrogen and oxygen atoms in total. The lowest BCUT2D eigenvalue weighted by molar-refractivity contribution is -0.141. The topological polar surface area (TPSA) is 362 Å². The van der Waals surface area contributed by atoms with Gasteiger partial charge >= 0.3 is 0 Å². The molecule has 4 atom stereocenters. The first-order chi connectivity index (χ1) is 50.9. The summed E-state index contributed by atoms with van der Waals surface area (Å²) in [6, 6.07) is 0. The molecule has 0 radical (unpaired) electrons. The summed E-state index contributed by atoms with van der Waals surface area (Å²) in [5.74, 6) is -0.394. The van der Waals surface area contributed by atoms with E-state index < -0.39 is 0 Å². The molecule has 4 saturated heterocycles. The maximum atomic E-state index is 11.9. The molecular weight excluding hydrogens is 1340 g/mol. The average molecular weight is 1480 g/mol. The monoisotopic (exact) mass is 1480 g/mol. The number of nitrogens with zero attached hydrogens (tertiary/aromatic N) is 4. The van der Waals surface area contributed by atoms with Crippen molar-refractivity contribution in [3.05, 3.63) is 0 Å². The smallest absolute Gasteiger partial charge is 0.232 e. The number of hydrogen-bond acceptors (Lipinski definition) is 22. The van der Waals surface area contributed by atoms with Crippen molar-refractivity contribution >= 4 is 82.3 Å². The van der Waals surface area contributed by atoms with Crippen LogP contribution in [0.2, 0.25) is 0 Å². The highest BCUT2D eigenvalue weighted by atomic mass is 16.6. The molecule has 6 aliphatic rings. The molecule has 103 heavy (non-hydrogen) atoms. The molecule has 6 fully saturated rings. The van der Waals surface area contributed by atoms with Crippen LogP contribution in [-0.2, 0) is 105 Å². The summed E-state index contributed by atoms with van der Waals surface area (Å²) >= 11 is 0. The van der Waals surface area contributed by atoms with Gasteiger partial charge in [-0.3, -0.25) is 86.7 Å². The Labute approximate surface area is 620 Å². The fourth-order valence-electron chi connectivity index (χ4n) is 11.6. The molecule has 4 aliphatic heterocycles. The molecule has 4 heterocycles. The summed E-state index contributed by atoms with van der Waals surface area (Å²) < 4.78 is 65.6. The van der Waals surface area contributed by atoms with Crippen LogP contribution in [-0.4, -0.2) is 254 Å². The number of amides is 11. The molecule has 0 bridgehead atoms. The van der Waals surface area contributed by atoms with Gasteiger partial charge in [-0.1, -0.05) is 71.7 Å². The molecule has 6 rings (SSSR count). The van der Waals surface area contributed by atoms with Crippen LogP contribution in [0.1, 0.15) is 200 Å². The standard InChI is InChI=1S/C20H35N3O8.C20H34N2O8.C15H23NO3.C14H21NO3.5CH4/c1-16-15-19(26)23(20(16)27)6-3-18(25)22-5-8-29-10-12-31-14-13-30-11-9-28-7-4-17(24)21-2;1-16-15-19(25)22(20(16)26)6-3-18(24)21-5-8-28-10-12-30-14-13-29-11-9-27-7-4-17(2)23;1-3-13(17)12-6-4-11(5-7-12)9-16-14(18)8-10(2)15(16)19;1-9-7-13(17)15(14(9)18)8-11-3-5-12(6-4-11)10(2)16;;;;;/h16H,3-15H2,1-2H3,(H,21,24)(H,22,25);16H,3-15H2,1-2H3,(H,21,24);10-12H,3-9H2,1-2H3;9,11-12H,3-8H2,1-2H3;5*1H4/i;;;;4*1D;. The second-order valence-electron chi connectivity index (χ2n) is 25.7. The highest BCUT2D eigenvalue weighted by Gasteiger charge is 2.40. The van der Waals surface area contributed by atoms with Gasteiger partial charge in [0.05, 0.1) is 106 Å². The largest absolute Gasteiger partial charge is 0.379 e. The Bertz CT molecular complexity index is 2580. The van der Waals surface area contributed by atoms with Gasteiger partial charge in [-0.15, -0.1) is 0 Å². The maximum Gasteiger partial charge on any atom is 0.232 e. The molecule has 2 saturated carbocycles. The van der Waals surface area contributed by atoms with Crippen LogP contribution in [0.3, 0.4) is 0 Å². The fourth-order valence-corrected chi connectivity index (χ4v) is 11.6. The Balaban J connectivity index is -0.00000133. The minimum absolute atomic E-state index is 0. The number of ketones is 3. The Morgan fingerprint density at radius 3 is 0.942 bits per heavy atom. The Kier molecular flexibility index (Phi) is 52.1. The van der Waals surface area contributed by atoms with Crippen LogP contribution in [0.25, 0.3) is 0 Å². The third-order valence-corrected chi connectivity index (χ3v) is 17.7. The first-order valence-corrected chi connectivity index (χ1v) is 35.1. The minimum Gasteiger partial charge on any atom is -0.379 e. The number of Topliss-reactive ketones (excluding diaryl/α,β-unsaturated/α-hetero) is 3. The first kappa shape index (κ1) is 92.7. The summed E-state index contributed by atoms with van der Waals surface area (Å²) in [6.07, 6.45) is 10.2. The molecule has 0 aromatic carbocycles. The summed E-state index contributed by atoms with van der Waals surface area (Å²) in [6.45, 7) is 20.9. The van der Waals surface area contributed by atoms with E-state index in [1.54, 1.807) is 27.8 Å². The summed E-state index contributed by atoms with van der Waals surface area (Å²) in [7, 11) is 6.59. The fraction of sp³-hybridized carbons (Fsp3) is 0.811. The van der Waals surface area contributed by atoms with Crippen LogP contribution < -0.4 is 16.0 Å². The Hall–Kier alpha value is -6.34. The quantitative estimate of drug-likeness (QED) is 0.0455. The lowest BCUT2D eigenvalue weighted by Gasteiger charge is -2.29. The highest BCUT2D eigenvalue weighted by molar-refractivity contribution is 6.05. The third kappa shape index (κ3) is 40.7. The summed E-state index contributed by atoms with van der Waals surface area (Å²) in [4.78, 5) is 167. The van der Waals surface area contributed by atoms with Crippen molar-refractivity contribution in [3.63, 3.8) is 0 Å². The van der Waals surface area contributed by atoms with Gasteiger partial charge in [-0.2, -0.15) is 0 Å². The van der Waals surface area contributed by atoms with Crippen LogP contribution in [0, 0.1) is 47.3 Å². The Morgan fingerprint density at radius 1 is 0.388 bits per heavy atom. The number of likely N-dealkylation sites (tertiary alicyclic amines) is 4. The number of carbonyl (C=O) groups is 14. The molecule has 0 spiro atoms. The van der Waals surface area contributed by atoms with E-state index >= 15 is 0 Å². The second-order valence-corrected chi connectivity index (χ2v) is 25.7. The van der Waals surface area contributed by atoms with Crippen LogP contribution in [0.4, 0.5) is 0 Å². The van der Waals surface area contributed by atoms with Crippen molar-refractivity contribution in [3.8, 4) is 0 Å². The molecule has 2 aliphatic carbocycles. The van der Waals surface area contributed by atoms with Gasteiger partial charge in [0.25, 0.3) is 0 Å². The predicted octanol–water partition coefficient (Wildman–Crippen LogP) is 6.15. The van der Waals surface area contributed by atoms with Crippen molar-refractivity contribution in [1.82, 2.24) is 35.6 Å². The normalized spacial score (nSPS) is 21.5. The average Bonchev–Trinajstić information content (AvgIpc) is 1.11. The SMILES string of the molecule is C.CC(=O)C1CCC(CN2C(=O)CC(C)C2=O)CC1.CC(=O)CCOCCOCCOCCOCCNC(=O)CCN1C(=O)CC(C)C1=O.CCC(=O)C1CCC(CN2C(=O)CC(C)C2=O)CC1.CNC(=O)CCOCCOCCOCCOCCNC(=O)CCN1C(=O)CC(C)C1=O.[2H]C.[2H]C.[2H]C.[2H]C. The lowest BCUT2D eigenvalue weighted by atomic mass is 9.79. The van der Waals surface area contributed by atoms with E-state index in [0.29, 0.717) is 182 Å². The number of hydrogen-bond donors (Lipinski definition) is 3. The van der Waals surface area contributed by atoms with Crippen LogP contribution >= 0.6 is 0 Å². The van der Waals surface area contributed by atoms with Crippen molar-refractivity contribution in [1.29, 1.82) is 0 Å². The number of nitrogens with one attached hydrogen (secondary N) is 3. The third-order valence-electron chi connectivity index (χ3n) is 17.7. The number of ether oxygens (including phenoxy) is 8. The summed E-state index contributed by atoms with van der Waals surface area (Å²) in [5, 5.41) is 7.90. The van der Waals surface area contributed by atoms with Crippen molar-refractivity contribution in [2.45, 2.75) is 195 Å². The maximum absolute atomic E-state index is 11.9. The molecule has 4 unspecified atom stereocenters. The van der Waals surface area contributed by atoms with E-state index in [0.717, 1.165) is 61.2 Å². The number of carbonyl (C=O) groups excluding carboxylic acids is 14. The zero-order valence-corrected chi connectivity index (χ0v) is 63.5. The number of imide groups is 4. The van der Waals surface area contributed by atoms with Crippen molar-refractivity contribution < 1.29 is 111 Å². The van der Waals surface area contributed by atoms with Gasteiger partial charge in [0, 0.05) is 145 Å². The van der Waals surface area contributed by atoms with E-state index in [2.05, 4.69) is 16.0 Å². The Morgan fingerprint density at radius 2 is 0.670 bits per heavy atom. The first-order valence-electron chi connectivity index (χ1n) is 39.1. The lowest BCUT2D eigenvalue weighted by Crippen LogP contribution is -2.36. The van der Waals surface area contributed by atoms with Gasteiger partial charge in [0.15, 0.2) is 0 Å². The zero-order valence-electron chi connectivity index (χ0n) is 67.5. The molecule has 11 amide bonds. The summed E-state index contributed by atoms with van der Waals surface area (Å²) in [5.41, 5.74) is 0.